The first kappa shape index (κ1) is 10.6. The van der Waals surface area contributed by atoms with Gasteiger partial charge in [-0.1, -0.05) is 0 Å². The molecule has 3 unspecified atom stereocenters. The fourth-order valence-electron chi connectivity index (χ4n) is 4.35. The zero-order valence-corrected chi connectivity index (χ0v) is 10.0. The monoisotopic (exact) mass is 223 g/mol. The van der Waals surface area contributed by atoms with Crippen molar-refractivity contribution in [2.75, 3.05) is 20.2 Å². The smallest absolute Gasteiger partial charge is 0.305 e. The van der Waals surface area contributed by atoms with Gasteiger partial charge in [-0.05, 0) is 56.5 Å². The lowest BCUT2D eigenvalue weighted by Gasteiger charge is -2.50. The summed E-state index contributed by atoms with van der Waals surface area (Å²) in [6.07, 6.45) is 6.00. The molecule has 4 rings (SSSR count). The molecule has 4 aliphatic rings. The minimum atomic E-state index is -0.0201. The summed E-state index contributed by atoms with van der Waals surface area (Å²) in [7, 11) is 1.50. The summed E-state index contributed by atoms with van der Waals surface area (Å²) < 4.78 is 4.81. The Labute approximate surface area is 97.1 Å². The van der Waals surface area contributed by atoms with Gasteiger partial charge in [0.05, 0.1) is 7.11 Å². The third-order valence-corrected chi connectivity index (χ3v) is 5.05. The summed E-state index contributed by atoms with van der Waals surface area (Å²) in [4.78, 5) is 14.1. The summed E-state index contributed by atoms with van der Waals surface area (Å²) >= 11 is 0. The lowest BCUT2D eigenvalue weighted by molar-refractivity contribution is -0.142. The summed E-state index contributed by atoms with van der Waals surface area (Å²) in [6.45, 7) is 2.53. The molecule has 3 heterocycles. The average molecular weight is 223 g/mol. The Morgan fingerprint density at radius 2 is 2.00 bits per heavy atom. The Morgan fingerprint density at radius 1 is 1.25 bits per heavy atom. The van der Waals surface area contributed by atoms with Gasteiger partial charge in [0.1, 0.15) is 0 Å². The minimum Gasteiger partial charge on any atom is -0.469 e. The molecular weight excluding hydrogens is 202 g/mol. The molecule has 4 fully saturated rings. The Morgan fingerprint density at radius 3 is 2.69 bits per heavy atom. The number of hydrogen-bond acceptors (Lipinski definition) is 3. The van der Waals surface area contributed by atoms with Crippen LogP contribution in [0.25, 0.3) is 0 Å². The van der Waals surface area contributed by atoms with Crippen molar-refractivity contribution in [3.8, 4) is 0 Å². The highest BCUT2D eigenvalue weighted by atomic mass is 16.5. The first-order valence-electron chi connectivity index (χ1n) is 6.60. The van der Waals surface area contributed by atoms with E-state index >= 15 is 0 Å². The number of methoxy groups -OCH3 is 1. The van der Waals surface area contributed by atoms with Gasteiger partial charge in [-0.3, -0.25) is 9.69 Å². The van der Waals surface area contributed by atoms with Crippen LogP contribution in [0.4, 0.5) is 0 Å². The van der Waals surface area contributed by atoms with Crippen molar-refractivity contribution >= 4 is 5.97 Å². The number of piperidine rings is 3. The molecule has 1 aliphatic carbocycles. The molecule has 16 heavy (non-hydrogen) atoms. The molecule has 3 heteroatoms. The maximum atomic E-state index is 11.4. The second kappa shape index (κ2) is 4.02. The van der Waals surface area contributed by atoms with Crippen molar-refractivity contribution in [3.05, 3.63) is 0 Å². The largest absolute Gasteiger partial charge is 0.469 e. The number of ether oxygens (including phenoxy) is 1. The summed E-state index contributed by atoms with van der Waals surface area (Å²) in [6, 6.07) is 0.701. The number of esters is 1. The van der Waals surface area contributed by atoms with Crippen molar-refractivity contribution < 1.29 is 9.53 Å². The van der Waals surface area contributed by atoms with Crippen molar-refractivity contribution in [2.45, 2.75) is 38.1 Å². The van der Waals surface area contributed by atoms with E-state index < -0.39 is 0 Å². The molecule has 2 bridgehead atoms. The van der Waals surface area contributed by atoms with Crippen LogP contribution in [0.2, 0.25) is 0 Å². The van der Waals surface area contributed by atoms with E-state index in [0.29, 0.717) is 18.4 Å². The number of carbonyl (C=O) groups is 1. The standard InChI is InChI=1S/C13H21NO2/c1-16-12(15)8-10-2-3-11-9-4-6-14(7-5-9)13(10)11/h9-11,13H,2-8H2,1H3. The Bertz CT molecular complexity index is 284. The van der Waals surface area contributed by atoms with E-state index in [1.165, 1.54) is 45.9 Å². The Balaban J connectivity index is 1.72. The molecular formula is C13H21NO2. The van der Waals surface area contributed by atoms with Gasteiger partial charge >= 0.3 is 5.97 Å². The predicted octanol–water partition coefficient (Wildman–Crippen LogP) is 1.67. The topological polar surface area (TPSA) is 29.5 Å². The zero-order chi connectivity index (χ0) is 11.1. The third-order valence-electron chi connectivity index (χ3n) is 5.05. The first-order valence-corrected chi connectivity index (χ1v) is 6.60. The second-order valence-corrected chi connectivity index (χ2v) is 5.65. The van der Waals surface area contributed by atoms with Crippen LogP contribution in [0.1, 0.15) is 32.1 Å². The van der Waals surface area contributed by atoms with E-state index in [2.05, 4.69) is 4.90 Å². The number of nitrogens with zero attached hydrogens (tertiary/aromatic N) is 1. The summed E-state index contributed by atoms with van der Waals surface area (Å²) in [5, 5.41) is 0. The quantitative estimate of drug-likeness (QED) is 0.667. The minimum absolute atomic E-state index is 0.0201. The van der Waals surface area contributed by atoms with Crippen LogP contribution in [-0.4, -0.2) is 37.1 Å². The van der Waals surface area contributed by atoms with Gasteiger partial charge in [0, 0.05) is 12.5 Å². The van der Waals surface area contributed by atoms with E-state index in [0.717, 1.165) is 11.8 Å². The number of carbonyl (C=O) groups excluding carboxylic acids is 1. The molecule has 3 saturated heterocycles. The average Bonchev–Trinajstić information content (AvgIpc) is 2.77. The van der Waals surface area contributed by atoms with Crippen molar-refractivity contribution in [1.29, 1.82) is 0 Å². The normalized spacial score (nSPS) is 45.4. The van der Waals surface area contributed by atoms with Gasteiger partial charge in [0.2, 0.25) is 0 Å². The number of rotatable bonds is 2. The van der Waals surface area contributed by atoms with Crippen molar-refractivity contribution in [2.24, 2.45) is 17.8 Å². The highest BCUT2D eigenvalue weighted by Gasteiger charge is 2.49. The molecule has 0 aromatic heterocycles. The van der Waals surface area contributed by atoms with E-state index in [4.69, 9.17) is 4.74 Å². The molecule has 3 atom stereocenters. The summed E-state index contributed by atoms with van der Waals surface area (Å²) in [5.41, 5.74) is 0. The van der Waals surface area contributed by atoms with Crippen LogP contribution in [-0.2, 0) is 9.53 Å². The zero-order valence-electron chi connectivity index (χ0n) is 10.0. The lowest BCUT2D eigenvalue weighted by Crippen LogP contribution is -2.54. The molecule has 0 N–H and O–H groups in total. The number of fused-ring (bicyclic) bond motifs is 2. The Kier molecular flexibility index (Phi) is 2.66. The van der Waals surface area contributed by atoms with Gasteiger partial charge in [-0.15, -0.1) is 0 Å². The second-order valence-electron chi connectivity index (χ2n) is 5.65. The molecule has 0 aromatic carbocycles. The maximum Gasteiger partial charge on any atom is 0.305 e. The molecule has 0 spiro atoms. The number of hydrogen-bond donors (Lipinski definition) is 0. The molecule has 0 aromatic rings. The van der Waals surface area contributed by atoms with E-state index in [1.807, 2.05) is 0 Å². The van der Waals surface area contributed by atoms with E-state index in [9.17, 15) is 4.79 Å². The van der Waals surface area contributed by atoms with Crippen LogP contribution in [0, 0.1) is 17.8 Å². The molecule has 3 nitrogen and oxygen atoms in total. The van der Waals surface area contributed by atoms with Gasteiger partial charge in [-0.2, -0.15) is 0 Å². The van der Waals surface area contributed by atoms with Crippen LogP contribution in [0.3, 0.4) is 0 Å². The fourth-order valence-corrected chi connectivity index (χ4v) is 4.35. The maximum absolute atomic E-state index is 11.4. The van der Waals surface area contributed by atoms with Crippen molar-refractivity contribution in [3.63, 3.8) is 0 Å². The molecule has 0 radical (unpaired) electrons. The molecule has 1 saturated carbocycles. The van der Waals surface area contributed by atoms with E-state index in [1.54, 1.807) is 0 Å². The van der Waals surface area contributed by atoms with Crippen LogP contribution in [0.5, 0.6) is 0 Å². The predicted molar refractivity (Wildman–Crippen MR) is 60.9 cm³/mol. The van der Waals surface area contributed by atoms with Crippen molar-refractivity contribution in [1.82, 2.24) is 4.90 Å². The SMILES string of the molecule is COC(=O)CC1CCC2C3CCN(CC3)C12. The third kappa shape index (κ3) is 1.56. The molecule has 0 amide bonds. The van der Waals surface area contributed by atoms with Gasteiger partial charge in [-0.25, -0.2) is 0 Å². The van der Waals surface area contributed by atoms with Crippen LogP contribution in [0.15, 0.2) is 0 Å². The van der Waals surface area contributed by atoms with Gasteiger partial charge in [0.15, 0.2) is 0 Å². The van der Waals surface area contributed by atoms with Gasteiger partial charge < -0.3 is 4.74 Å². The lowest BCUT2D eigenvalue weighted by atomic mass is 9.73. The summed E-state index contributed by atoms with van der Waals surface area (Å²) in [5.74, 6) is 2.39. The van der Waals surface area contributed by atoms with Crippen LogP contribution >= 0.6 is 0 Å². The van der Waals surface area contributed by atoms with Gasteiger partial charge in [0.25, 0.3) is 0 Å². The molecule has 90 valence electrons. The highest BCUT2D eigenvalue weighted by Crippen LogP contribution is 2.49. The fraction of sp³-hybridized carbons (Fsp3) is 0.923. The first-order chi connectivity index (χ1) is 7.79. The highest BCUT2D eigenvalue weighted by molar-refractivity contribution is 5.69. The van der Waals surface area contributed by atoms with Crippen LogP contribution < -0.4 is 0 Å². The Hall–Kier alpha value is -0.570. The van der Waals surface area contributed by atoms with E-state index in [-0.39, 0.29) is 5.97 Å². The molecule has 3 aliphatic heterocycles.